The van der Waals surface area contributed by atoms with Crippen molar-refractivity contribution in [3.63, 3.8) is 0 Å². The van der Waals surface area contributed by atoms with Gasteiger partial charge in [-0.3, -0.25) is 0 Å². The van der Waals surface area contributed by atoms with Crippen LogP contribution in [0.1, 0.15) is 15.4 Å². The fourth-order valence-electron chi connectivity index (χ4n) is 1.49. The van der Waals surface area contributed by atoms with E-state index in [1.165, 1.54) is 11.3 Å². The Kier molecular flexibility index (Phi) is 3.92. The van der Waals surface area contributed by atoms with Gasteiger partial charge in [0.2, 0.25) is 0 Å². The highest BCUT2D eigenvalue weighted by Crippen LogP contribution is 2.31. The van der Waals surface area contributed by atoms with E-state index in [0.717, 1.165) is 0 Å². The molecule has 0 spiro atoms. The molecule has 2 N–H and O–H groups in total. The Morgan fingerprint density at radius 3 is 2.84 bits per heavy atom. The SMILES string of the molecule is COc1ccc(Cl)c(Nc2nc(C(=O)O)c(C)s2)c1. The molecule has 7 heteroatoms. The summed E-state index contributed by atoms with van der Waals surface area (Å²) < 4.78 is 5.10. The molecule has 5 nitrogen and oxygen atoms in total. The zero-order valence-electron chi connectivity index (χ0n) is 10.2. The first-order chi connectivity index (χ1) is 9.01. The zero-order chi connectivity index (χ0) is 14.0. The summed E-state index contributed by atoms with van der Waals surface area (Å²) in [4.78, 5) is 15.6. The van der Waals surface area contributed by atoms with Crippen LogP contribution in [-0.2, 0) is 0 Å². The Balaban J connectivity index is 2.30. The first-order valence-corrected chi connectivity index (χ1v) is 6.52. The van der Waals surface area contributed by atoms with Crippen LogP contribution in [-0.4, -0.2) is 23.2 Å². The van der Waals surface area contributed by atoms with Gasteiger partial charge < -0.3 is 15.2 Å². The summed E-state index contributed by atoms with van der Waals surface area (Å²) in [5, 5.41) is 12.9. The molecule has 0 aliphatic carbocycles. The van der Waals surface area contributed by atoms with E-state index in [9.17, 15) is 4.79 Å². The van der Waals surface area contributed by atoms with Crippen molar-refractivity contribution in [1.82, 2.24) is 4.98 Å². The minimum atomic E-state index is -1.04. The number of nitrogens with one attached hydrogen (secondary N) is 1. The van der Waals surface area contributed by atoms with Gasteiger partial charge in [-0.15, -0.1) is 11.3 Å². The number of anilines is 2. The molecule has 0 aliphatic rings. The van der Waals surface area contributed by atoms with Crippen LogP contribution in [0.4, 0.5) is 10.8 Å². The lowest BCUT2D eigenvalue weighted by molar-refractivity contribution is 0.0690. The van der Waals surface area contributed by atoms with Crippen molar-refractivity contribution in [1.29, 1.82) is 0 Å². The lowest BCUT2D eigenvalue weighted by Gasteiger charge is -2.07. The Labute approximate surface area is 118 Å². The highest BCUT2D eigenvalue weighted by Gasteiger charge is 2.14. The molecule has 0 amide bonds. The molecule has 0 unspecified atom stereocenters. The van der Waals surface area contributed by atoms with Gasteiger partial charge in [0.05, 0.1) is 17.8 Å². The Morgan fingerprint density at radius 1 is 1.53 bits per heavy atom. The summed E-state index contributed by atoms with van der Waals surface area (Å²) >= 11 is 7.31. The number of carboxylic acid groups (broad SMARTS) is 1. The standard InChI is InChI=1S/C12H11ClN2O3S/c1-6-10(11(16)17)15-12(19-6)14-9-5-7(18-2)3-4-8(9)13/h3-5H,1-2H3,(H,14,15)(H,16,17). The maximum Gasteiger partial charge on any atom is 0.355 e. The molecule has 19 heavy (non-hydrogen) atoms. The van der Waals surface area contributed by atoms with Crippen LogP contribution in [0.2, 0.25) is 5.02 Å². The molecule has 0 saturated heterocycles. The van der Waals surface area contributed by atoms with Crippen LogP contribution in [0.15, 0.2) is 18.2 Å². The number of methoxy groups -OCH3 is 1. The van der Waals surface area contributed by atoms with E-state index < -0.39 is 5.97 Å². The average Bonchev–Trinajstić information content (AvgIpc) is 2.73. The molecule has 100 valence electrons. The quantitative estimate of drug-likeness (QED) is 0.903. The van der Waals surface area contributed by atoms with Gasteiger partial charge in [-0.25, -0.2) is 9.78 Å². The number of carboxylic acids is 1. The van der Waals surface area contributed by atoms with Gasteiger partial charge in [-0.05, 0) is 19.1 Å². The fraction of sp³-hybridized carbons (Fsp3) is 0.167. The number of carbonyl (C=O) groups is 1. The van der Waals surface area contributed by atoms with Gasteiger partial charge in [0.15, 0.2) is 10.8 Å². The number of aromatic nitrogens is 1. The molecule has 0 bridgehead atoms. The second kappa shape index (κ2) is 5.46. The minimum absolute atomic E-state index is 0.0477. The van der Waals surface area contributed by atoms with Crippen molar-refractivity contribution < 1.29 is 14.6 Å². The highest BCUT2D eigenvalue weighted by molar-refractivity contribution is 7.15. The summed E-state index contributed by atoms with van der Waals surface area (Å²) in [5.74, 6) is -0.392. The zero-order valence-corrected chi connectivity index (χ0v) is 11.8. The number of benzene rings is 1. The van der Waals surface area contributed by atoms with E-state index in [1.54, 1.807) is 32.2 Å². The molecule has 1 aromatic carbocycles. The molecule has 2 rings (SSSR count). The maximum atomic E-state index is 10.9. The van der Waals surface area contributed by atoms with Gasteiger partial charge in [0.25, 0.3) is 0 Å². The molecule has 1 heterocycles. The number of ether oxygens (including phenoxy) is 1. The van der Waals surface area contributed by atoms with E-state index in [-0.39, 0.29) is 5.69 Å². The predicted molar refractivity (Wildman–Crippen MR) is 75.1 cm³/mol. The third-order valence-corrected chi connectivity index (χ3v) is 3.63. The number of halogens is 1. The second-order valence-electron chi connectivity index (χ2n) is 3.70. The van der Waals surface area contributed by atoms with Crippen LogP contribution in [0, 0.1) is 6.92 Å². The van der Waals surface area contributed by atoms with Gasteiger partial charge in [0, 0.05) is 10.9 Å². The lowest BCUT2D eigenvalue weighted by atomic mass is 10.3. The van der Waals surface area contributed by atoms with Crippen molar-refractivity contribution in [3.05, 3.63) is 33.8 Å². The molecule has 2 aromatic rings. The molecule has 0 atom stereocenters. The first kappa shape index (κ1) is 13.6. The molecule has 0 saturated carbocycles. The topological polar surface area (TPSA) is 71.5 Å². The number of aryl methyl sites for hydroxylation is 1. The van der Waals surface area contributed by atoms with Gasteiger partial charge in [0.1, 0.15) is 5.75 Å². The van der Waals surface area contributed by atoms with Crippen molar-refractivity contribution in [2.75, 3.05) is 12.4 Å². The number of aromatic carboxylic acids is 1. The predicted octanol–water partition coefficient (Wildman–Crippen LogP) is 3.56. The molecule has 1 aromatic heterocycles. The summed E-state index contributed by atoms with van der Waals surface area (Å²) in [6.07, 6.45) is 0. The average molecular weight is 299 g/mol. The van der Waals surface area contributed by atoms with Crippen LogP contribution >= 0.6 is 22.9 Å². The highest BCUT2D eigenvalue weighted by atomic mass is 35.5. The van der Waals surface area contributed by atoms with Crippen molar-refractivity contribution in [3.8, 4) is 5.75 Å². The Morgan fingerprint density at radius 2 is 2.26 bits per heavy atom. The number of thiazole rings is 1. The third kappa shape index (κ3) is 2.97. The number of hydrogen-bond donors (Lipinski definition) is 2. The van der Waals surface area contributed by atoms with Crippen LogP contribution in [0.3, 0.4) is 0 Å². The van der Waals surface area contributed by atoms with Crippen LogP contribution in [0.5, 0.6) is 5.75 Å². The monoisotopic (exact) mass is 298 g/mol. The summed E-state index contributed by atoms with van der Waals surface area (Å²) in [6.45, 7) is 1.71. The smallest absolute Gasteiger partial charge is 0.355 e. The van der Waals surface area contributed by atoms with E-state index in [1.807, 2.05) is 0 Å². The fourth-order valence-corrected chi connectivity index (χ4v) is 2.47. The van der Waals surface area contributed by atoms with Crippen LogP contribution in [0.25, 0.3) is 0 Å². The van der Waals surface area contributed by atoms with Crippen molar-refractivity contribution in [2.24, 2.45) is 0 Å². The normalized spacial score (nSPS) is 10.3. The van der Waals surface area contributed by atoms with E-state index in [0.29, 0.717) is 26.5 Å². The molecule has 0 radical (unpaired) electrons. The summed E-state index contributed by atoms with van der Waals surface area (Å²) in [6, 6.07) is 5.16. The summed E-state index contributed by atoms with van der Waals surface area (Å²) in [5.41, 5.74) is 0.665. The van der Waals surface area contributed by atoms with Crippen molar-refractivity contribution >= 4 is 39.7 Å². The van der Waals surface area contributed by atoms with Crippen LogP contribution < -0.4 is 10.1 Å². The maximum absolute atomic E-state index is 10.9. The number of nitrogens with zero attached hydrogens (tertiary/aromatic N) is 1. The lowest BCUT2D eigenvalue weighted by Crippen LogP contribution is -1.99. The second-order valence-corrected chi connectivity index (χ2v) is 5.31. The Hall–Kier alpha value is -1.79. The van der Waals surface area contributed by atoms with Gasteiger partial charge >= 0.3 is 5.97 Å². The molecular weight excluding hydrogens is 288 g/mol. The number of rotatable bonds is 4. The molecule has 0 aliphatic heterocycles. The largest absolute Gasteiger partial charge is 0.497 e. The van der Waals surface area contributed by atoms with Gasteiger partial charge in [-0.1, -0.05) is 11.6 Å². The third-order valence-electron chi connectivity index (χ3n) is 2.41. The van der Waals surface area contributed by atoms with E-state index in [4.69, 9.17) is 21.4 Å². The minimum Gasteiger partial charge on any atom is -0.497 e. The van der Waals surface area contributed by atoms with E-state index in [2.05, 4.69) is 10.3 Å². The number of hydrogen-bond acceptors (Lipinski definition) is 5. The van der Waals surface area contributed by atoms with Crippen molar-refractivity contribution in [2.45, 2.75) is 6.92 Å². The summed E-state index contributed by atoms with van der Waals surface area (Å²) in [7, 11) is 1.56. The Bertz CT molecular complexity index is 627. The first-order valence-electron chi connectivity index (χ1n) is 5.32. The van der Waals surface area contributed by atoms with Gasteiger partial charge in [-0.2, -0.15) is 0 Å². The molecule has 0 fully saturated rings. The van der Waals surface area contributed by atoms with E-state index >= 15 is 0 Å². The molecular formula is C12H11ClN2O3S.